The van der Waals surface area contributed by atoms with Gasteiger partial charge in [-0.2, -0.15) is 0 Å². The summed E-state index contributed by atoms with van der Waals surface area (Å²) in [4.78, 5) is 4.31. The first-order chi connectivity index (χ1) is 14.9. The molecule has 0 bridgehead atoms. The van der Waals surface area contributed by atoms with Gasteiger partial charge in [-0.05, 0) is 54.1 Å². The van der Waals surface area contributed by atoms with E-state index in [-0.39, 0.29) is 12.2 Å². The number of aryl methyl sites for hydroxylation is 2. The van der Waals surface area contributed by atoms with Crippen molar-refractivity contribution in [3.63, 3.8) is 0 Å². The minimum Gasteiger partial charge on any atom is -0.489 e. The van der Waals surface area contributed by atoms with Crippen LogP contribution in [0.5, 0.6) is 11.5 Å². The van der Waals surface area contributed by atoms with E-state index in [1.165, 1.54) is 17.7 Å². The average molecular weight is 441 g/mol. The molecule has 0 fully saturated rings. The van der Waals surface area contributed by atoms with E-state index >= 15 is 0 Å². The van der Waals surface area contributed by atoms with E-state index in [4.69, 9.17) is 15.2 Å². The zero-order valence-corrected chi connectivity index (χ0v) is 18.1. The highest BCUT2D eigenvalue weighted by Crippen LogP contribution is 2.33. The van der Waals surface area contributed by atoms with E-state index in [2.05, 4.69) is 11.9 Å². The number of hydrogen-bond donors (Lipinski definition) is 1. The van der Waals surface area contributed by atoms with Crippen molar-refractivity contribution >= 4 is 27.2 Å². The highest BCUT2D eigenvalue weighted by molar-refractivity contribution is 7.17. The molecule has 4 aromatic rings. The van der Waals surface area contributed by atoms with E-state index in [0.717, 1.165) is 33.7 Å². The number of nitrogens with zero attached hydrogens (tertiary/aromatic N) is 1. The average Bonchev–Trinajstić information content (AvgIpc) is 3.17. The van der Waals surface area contributed by atoms with Gasteiger partial charge in [0.15, 0.2) is 0 Å². The summed E-state index contributed by atoms with van der Waals surface area (Å²) >= 11 is 1.64. The number of halogens is 2. The number of nitrogen functional groups attached to an aromatic ring is 1. The van der Waals surface area contributed by atoms with Gasteiger partial charge in [-0.1, -0.05) is 6.92 Å². The van der Waals surface area contributed by atoms with Crippen molar-refractivity contribution < 1.29 is 18.3 Å². The molecule has 0 aliphatic carbocycles. The number of benzene rings is 2. The lowest BCUT2D eigenvalue weighted by Gasteiger charge is -2.12. The van der Waals surface area contributed by atoms with E-state index in [0.29, 0.717) is 23.9 Å². The van der Waals surface area contributed by atoms with Gasteiger partial charge in [-0.25, -0.2) is 13.8 Å². The molecule has 0 saturated heterocycles. The van der Waals surface area contributed by atoms with Crippen LogP contribution in [0.4, 0.5) is 14.6 Å². The third-order valence-corrected chi connectivity index (χ3v) is 6.09. The first-order valence-electron chi connectivity index (χ1n) is 9.89. The fourth-order valence-corrected chi connectivity index (χ4v) is 4.53. The van der Waals surface area contributed by atoms with Crippen LogP contribution in [-0.2, 0) is 19.6 Å². The Balaban J connectivity index is 1.50. The van der Waals surface area contributed by atoms with Crippen molar-refractivity contribution in [2.24, 2.45) is 0 Å². The first kappa shape index (κ1) is 21.1. The summed E-state index contributed by atoms with van der Waals surface area (Å²) in [5.41, 5.74) is 9.50. The van der Waals surface area contributed by atoms with Crippen LogP contribution in [0.25, 0.3) is 10.1 Å². The van der Waals surface area contributed by atoms with Crippen molar-refractivity contribution in [1.82, 2.24) is 4.98 Å². The standard InChI is InChI=1S/C24H22F2N2O2S/c1-3-15-10-28-24(27)22-17(13-31-23(15)22)12-30-20-7-14(2)6-19(9-20)29-11-16-4-5-18(25)8-21(16)26/h4-10,13H,3,11-12H2,1-2H3,(H2,27,28). The van der Waals surface area contributed by atoms with Gasteiger partial charge in [0.2, 0.25) is 0 Å². The third-order valence-electron chi connectivity index (χ3n) is 4.98. The number of pyridine rings is 1. The maximum atomic E-state index is 13.8. The number of anilines is 1. The van der Waals surface area contributed by atoms with Crippen LogP contribution in [0.3, 0.4) is 0 Å². The number of fused-ring (bicyclic) bond motifs is 1. The van der Waals surface area contributed by atoms with Crippen molar-refractivity contribution in [2.45, 2.75) is 33.5 Å². The van der Waals surface area contributed by atoms with Gasteiger partial charge in [-0.15, -0.1) is 11.3 Å². The van der Waals surface area contributed by atoms with Gasteiger partial charge < -0.3 is 15.2 Å². The molecule has 0 saturated carbocycles. The largest absolute Gasteiger partial charge is 0.489 e. The normalized spacial score (nSPS) is 11.1. The molecule has 4 nitrogen and oxygen atoms in total. The van der Waals surface area contributed by atoms with Gasteiger partial charge in [0.05, 0.1) is 0 Å². The van der Waals surface area contributed by atoms with Gasteiger partial charge in [0, 0.05) is 39.5 Å². The Kier molecular flexibility index (Phi) is 6.04. The summed E-state index contributed by atoms with van der Waals surface area (Å²) < 4.78 is 39.8. The van der Waals surface area contributed by atoms with E-state index < -0.39 is 11.6 Å². The summed E-state index contributed by atoms with van der Waals surface area (Å²) in [7, 11) is 0. The van der Waals surface area contributed by atoms with E-state index in [1.54, 1.807) is 17.4 Å². The Bertz CT molecular complexity index is 1240. The predicted molar refractivity (Wildman–Crippen MR) is 120 cm³/mol. The Hall–Kier alpha value is -3.19. The quantitative estimate of drug-likeness (QED) is 0.373. The predicted octanol–water partition coefficient (Wildman–Crippen LogP) is 6.19. The van der Waals surface area contributed by atoms with Crippen LogP contribution in [-0.4, -0.2) is 4.98 Å². The van der Waals surface area contributed by atoms with Crippen LogP contribution in [0.15, 0.2) is 48.0 Å². The lowest BCUT2D eigenvalue weighted by Crippen LogP contribution is -2.01. The molecule has 0 aliphatic heterocycles. The fourth-order valence-electron chi connectivity index (χ4n) is 3.38. The number of nitrogens with two attached hydrogens (primary N) is 1. The Morgan fingerprint density at radius 2 is 1.68 bits per heavy atom. The first-order valence-corrected chi connectivity index (χ1v) is 10.8. The monoisotopic (exact) mass is 440 g/mol. The molecule has 2 aromatic carbocycles. The summed E-state index contributed by atoms with van der Waals surface area (Å²) in [5, 5.41) is 2.99. The second-order valence-corrected chi connectivity index (χ2v) is 8.16. The maximum absolute atomic E-state index is 13.8. The summed E-state index contributed by atoms with van der Waals surface area (Å²) in [6.45, 7) is 4.35. The molecule has 0 atom stereocenters. The molecule has 2 heterocycles. The minimum atomic E-state index is -0.633. The van der Waals surface area contributed by atoms with Crippen LogP contribution in [0.1, 0.15) is 29.2 Å². The van der Waals surface area contributed by atoms with Gasteiger partial charge in [0.1, 0.15) is 42.2 Å². The number of thiophene rings is 1. The molecule has 0 aliphatic rings. The van der Waals surface area contributed by atoms with Crippen molar-refractivity contribution in [3.8, 4) is 11.5 Å². The van der Waals surface area contributed by atoms with Gasteiger partial charge >= 0.3 is 0 Å². The lowest BCUT2D eigenvalue weighted by atomic mass is 10.1. The molecule has 0 spiro atoms. The molecular weight excluding hydrogens is 418 g/mol. The SMILES string of the molecule is CCc1cnc(N)c2c(COc3cc(C)cc(OCc4ccc(F)cc4F)c3)csc12. The summed E-state index contributed by atoms with van der Waals surface area (Å²) in [6, 6.07) is 8.93. The topological polar surface area (TPSA) is 57.4 Å². The van der Waals surface area contributed by atoms with Gasteiger partial charge in [0.25, 0.3) is 0 Å². The molecular formula is C24H22F2N2O2S. The lowest BCUT2D eigenvalue weighted by molar-refractivity contribution is 0.287. The number of hydrogen-bond acceptors (Lipinski definition) is 5. The Morgan fingerprint density at radius 3 is 2.35 bits per heavy atom. The van der Waals surface area contributed by atoms with E-state index in [9.17, 15) is 8.78 Å². The highest BCUT2D eigenvalue weighted by Gasteiger charge is 2.13. The van der Waals surface area contributed by atoms with Crippen molar-refractivity contribution in [1.29, 1.82) is 0 Å². The van der Waals surface area contributed by atoms with Crippen LogP contribution >= 0.6 is 11.3 Å². The zero-order chi connectivity index (χ0) is 22.0. The molecule has 2 N–H and O–H groups in total. The van der Waals surface area contributed by atoms with Crippen molar-refractivity contribution in [2.75, 3.05) is 5.73 Å². The highest BCUT2D eigenvalue weighted by atomic mass is 32.1. The fraction of sp³-hybridized carbons (Fsp3) is 0.208. The number of aromatic nitrogens is 1. The molecule has 2 aromatic heterocycles. The van der Waals surface area contributed by atoms with Crippen molar-refractivity contribution in [3.05, 3.63) is 81.9 Å². The van der Waals surface area contributed by atoms with E-state index in [1.807, 2.05) is 30.6 Å². The smallest absolute Gasteiger partial charge is 0.132 e. The third kappa shape index (κ3) is 4.61. The number of ether oxygens (including phenoxy) is 2. The molecule has 0 radical (unpaired) electrons. The molecule has 4 rings (SSSR count). The summed E-state index contributed by atoms with van der Waals surface area (Å²) in [5.74, 6) is 0.429. The second kappa shape index (κ2) is 8.89. The zero-order valence-electron chi connectivity index (χ0n) is 17.2. The van der Waals surface area contributed by atoms with Crippen LogP contribution in [0.2, 0.25) is 0 Å². The maximum Gasteiger partial charge on any atom is 0.132 e. The van der Waals surface area contributed by atoms with Gasteiger partial charge in [-0.3, -0.25) is 0 Å². The molecule has 7 heteroatoms. The summed E-state index contributed by atoms with van der Waals surface area (Å²) in [6.07, 6.45) is 2.71. The minimum absolute atomic E-state index is 0.00777. The molecule has 160 valence electrons. The molecule has 0 amide bonds. The number of rotatable bonds is 7. The molecule has 0 unspecified atom stereocenters. The van der Waals surface area contributed by atoms with Crippen LogP contribution < -0.4 is 15.2 Å². The Labute approximate surface area is 183 Å². The Morgan fingerprint density at radius 1 is 0.968 bits per heavy atom. The second-order valence-electron chi connectivity index (χ2n) is 7.28. The molecule has 31 heavy (non-hydrogen) atoms. The van der Waals surface area contributed by atoms with Crippen LogP contribution in [0, 0.1) is 18.6 Å².